The summed E-state index contributed by atoms with van der Waals surface area (Å²) in [6.45, 7) is 6.66. The third-order valence-corrected chi connectivity index (χ3v) is 4.75. The van der Waals surface area contributed by atoms with Crippen LogP contribution in [0.4, 0.5) is 5.69 Å². The molecule has 2 aliphatic rings. The van der Waals surface area contributed by atoms with Crippen molar-refractivity contribution in [2.24, 2.45) is 5.73 Å². The predicted octanol–water partition coefficient (Wildman–Crippen LogP) is 2.64. The second kappa shape index (κ2) is 5.31. The maximum Gasteiger partial charge on any atom is 0.0474 e. The Hall–Kier alpha value is -0.770. The van der Waals surface area contributed by atoms with Gasteiger partial charge in [-0.2, -0.15) is 0 Å². The lowest BCUT2D eigenvalue weighted by Crippen LogP contribution is -2.50. The molecule has 1 aromatic carbocycles. The topological polar surface area (TPSA) is 32.5 Å². The van der Waals surface area contributed by atoms with Gasteiger partial charge < -0.3 is 10.6 Å². The standard InChI is InChI=1S/C15H22ClN3/c1-11(17)14-5-4-12(9-15(14)16)19-8-7-18-6-2-3-13(18)10-19/h4-5,9,11,13H,2-3,6-8,10,17H2,1H3. The zero-order valence-electron chi connectivity index (χ0n) is 11.5. The van der Waals surface area contributed by atoms with Gasteiger partial charge in [0.1, 0.15) is 0 Å². The molecule has 0 aromatic heterocycles. The molecular weight excluding hydrogens is 258 g/mol. The van der Waals surface area contributed by atoms with E-state index >= 15 is 0 Å². The lowest BCUT2D eigenvalue weighted by Gasteiger charge is -2.39. The molecule has 2 saturated heterocycles. The minimum atomic E-state index is -0.00627. The van der Waals surface area contributed by atoms with E-state index in [2.05, 4.69) is 28.0 Å². The molecule has 0 radical (unpaired) electrons. The van der Waals surface area contributed by atoms with Crippen molar-refractivity contribution in [3.63, 3.8) is 0 Å². The van der Waals surface area contributed by atoms with E-state index in [1.54, 1.807) is 0 Å². The van der Waals surface area contributed by atoms with Crippen LogP contribution in [-0.2, 0) is 0 Å². The first-order valence-corrected chi connectivity index (χ1v) is 7.57. The SMILES string of the molecule is CC(N)c1ccc(N2CCN3CCCC3C2)cc1Cl. The summed E-state index contributed by atoms with van der Waals surface area (Å²) < 4.78 is 0. The summed E-state index contributed by atoms with van der Waals surface area (Å²) in [5.41, 5.74) is 8.18. The van der Waals surface area contributed by atoms with Gasteiger partial charge in [-0.15, -0.1) is 0 Å². The Morgan fingerprint density at radius 1 is 1.32 bits per heavy atom. The Bertz CT molecular complexity index is 461. The van der Waals surface area contributed by atoms with Gasteiger partial charge in [0.05, 0.1) is 0 Å². The number of benzene rings is 1. The fourth-order valence-corrected chi connectivity index (χ4v) is 3.65. The van der Waals surface area contributed by atoms with Crippen LogP contribution in [0, 0.1) is 0 Å². The summed E-state index contributed by atoms with van der Waals surface area (Å²) in [4.78, 5) is 5.08. The Balaban J connectivity index is 1.77. The van der Waals surface area contributed by atoms with Crippen LogP contribution in [0.2, 0.25) is 5.02 Å². The van der Waals surface area contributed by atoms with E-state index in [9.17, 15) is 0 Å². The first-order valence-electron chi connectivity index (χ1n) is 7.19. The van der Waals surface area contributed by atoms with E-state index in [-0.39, 0.29) is 6.04 Å². The molecule has 0 spiro atoms. The zero-order valence-corrected chi connectivity index (χ0v) is 12.2. The fourth-order valence-electron chi connectivity index (χ4n) is 3.31. The van der Waals surface area contributed by atoms with Gasteiger partial charge in [0, 0.05) is 42.4 Å². The number of piperazine rings is 1. The average molecular weight is 280 g/mol. The van der Waals surface area contributed by atoms with Gasteiger partial charge in [-0.05, 0) is 44.0 Å². The van der Waals surface area contributed by atoms with Crippen LogP contribution in [0.3, 0.4) is 0 Å². The van der Waals surface area contributed by atoms with Gasteiger partial charge >= 0.3 is 0 Å². The summed E-state index contributed by atoms with van der Waals surface area (Å²) in [7, 11) is 0. The predicted molar refractivity (Wildman–Crippen MR) is 80.9 cm³/mol. The molecule has 104 valence electrons. The Morgan fingerprint density at radius 2 is 2.16 bits per heavy atom. The molecule has 3 rings (SSSR count). The number of nitrogens with zero attached hydrogens (tertiary/aromatic N) is 2. The molecule has 1 aromatic rings. The van der Waals surface area contributed by atoms with Crippen molar-refractivity contribution in [3.05, 3.63) is 28.8 Å². The summed E-state index contributed by atoms with van der Waals surface area (Å²) in [6, 6.07) is 7.04. The molecule has 0 aliphatic carbocycles. The largest absolute Gasteiger partial charge is 0.369 e. The van der Waals surface area contributed by atoms with Crippen molar-refractivity contribution >= 4 is 17.3 Å². The molecule has 0 amide bonds. The number of hydrogen-bond acceptors (Lipinski definition) is 3. The van der Waals surface area contributed by atoms with Gasteiger partial charge in [-0.1, -0.05) is 17.7 Å². The number of halogens is 1. The highest BCUT2D eigenvalue weighted by Gasteiger charge is 2.30. The van der Waals surface area contributed by atoms with E-state index in [4.69, 9.17) is 17.3 Å². The van der Waals surface area contributed by atoms with Crippen LogP contribution in [-0.4, -0.2) is 37.1 Å². The van der Waals surface area contributed by atoms with Gasteiger partial charge in [0.2, 0.25) is 0 Å². The maximum absolute atomic E-state index is 6.34. The Morgan fingerprint density at radius 3 is 2.89 bits per heavy atom. The molecule has 4 heteroatoms. The lowest BCUT2D eigenvalue weighted by molar-refractivity contribution is 0.231. The number of nitrogens with two attached hydrogens (primary N) is 1. The Kier molecular flexibility index (Phi) is 3.70. The zero-order chi connectivity index (χ0) is 13.4. The fraction of sp³-hybridized carbons (Fsp3) is 0.600. The van der Waals surface area contributed by atoms with Crippen molar-refractivity contribution in [1.29, 1.82) is 0 Å². The van der Waals surface area contributed by atoms with Crippen molar-refractivity contribution in [2.45, 2.75) is 31.8 Å². The molecule has 2 aliphatic heterocycles. The second-order valence-electron chi connectivity index (χ2n) is 5.77. The van der Waals surface area contributed by atoms with Crippen LogP contribution >= 0.6 is 11.6 Å². The summed E-state index contributed by atoms with van der Waals surface area (Å²) in [5.74, 6) is 0. The second-order valence-corrected chi connectivity index (χ2v) is 6.18. The van der Waals surface area contributed by atoms with E-state index in [1.807, 2.05) is 6.92 Å². The number of rotatable bonds is 2. The third kappa shape index (κ3) is 2.60. The first-order chi connectivity index (χ1) is 9.15. The highest BCUT2D eigenvalue weighted by atomic mass is 35.5. The number of anilines is 1. The molecular formula is C15H22ClN3. The quantitative estimate of drug-likeness (QED) is 0.903. The van der Waals surface area contributed by atoms with Crippen molar-refractivity contribution in [3.8, 4) is 0 Å². The normalized spacial score (nSPS) is 25.4. The van der Waals surface area contributed by atoms with Crippen LogP contribution in [0.1, 0.15) is 31.4 Å². The summed E-state index contributed by atoms with van der Waals surface area (Å²) in [6.07, 6.45) is 2.69. The van der Waals surface area contributed by atoms with E-state index in [0.29, 0.717) is 0 Å². The number of hydrogen-bond donors (Lipinski definition) is 1. The summed E-state index contributed by atoms with van der Waals surface area (Å²) >= 11 is 6.34. The van der Waals surface area contributed by atoms with E-state index in [0.717, 1.165) is 29.7 Å². The highest BCUT2D eigenvalue weighted by molar-refractivity contribution is 6.31. The third-order valence-electron chi connectivity index (χ3n) is 4.43. The van der Waals surface area contributed by atoms with Crippen LogP contribution in [0.25, 0.3) is 0 Å². The molecule has 3 nitrogen and oxygen atoms in total. The molecule has 2 N–H and O–H groups in total. The van der Waals surface area contributed by atoms with Crippen molar-refractivity contribution < 1.29 is 0 Å². The Labute approximate surface area is 120 Å². The molecule has 19 heavy (non-hydrogen) atoms. The molecule has 2 heterocycles. The summed E-state index contributed by atoms with van der Waals surface area (Å²) in [5, 5.41) is 0.793. The average Bonchev–Trinajstić information content (AvgIpc) is 2.85. The lowest BCUT2D eigenvalue weighted by atomic mass is 10.1. The molecule has 0 bridgehead atoms. The van der Waals surface area contributed by atoms with Crippen molar-refractivity contribution in [2.75, 3.05) is 31.1 Å². The minimum absolute atomic E-state index is 0.00627. The van der Waals surface area contributed by atoms with Gasteiger partial charge in [-0.25, -0.2) is 0 Å². The van der Waals surface area contributed by atoms with E-state index in [1.165, 1.54) is 31.6 Å². The smallest absolute Gasteiger partial charge is 0.0474 e. The van der Waals surface area contributed by atoms with Gasteiger partial charge in [0.25, 0.3) is 0 Å². The monoisotopic (exact) mass is 279 g/mol. The van der Waals surface area contributed by atoms with Crippen LogP contribution in [0.5, 0.6) is 0 Å². The minimum Gasteiger partial charge on any atom is -0.369 e. The maximum atomic E-state index is 6.34. The van der Waals surface area contributed by atoms with E-state index < -0.39 is 0 Å². The van der Waals surface area contributed by atoms with Gasteiger partial charge in [0.15, 0.2) is 0 Å². The molecule has 2 atom stereocenters. The van der Waals surface area contributed by atoms with Gasteiger partial charge in [-0.3, -0.25) is 4.90 Å². The van der Waals surface area contributed by atoms with Crippen LogP contribution < -0.4 is 10.6 Å². The highest BCUT2D eigenvalue weighted by Crippen LogP contribution is 2.30. The number of fused-ring (bicyclic) bond motifs is 1. The van der Waals surface area contributed by atoms with Crippen LogP contribution in [0.15, 0.2) is 18.2 Å². The molecule has 0 saturated carbocycles. The van der Waals surface area contributed by atoms with Crippen molar-refractivity contribution in [1.82, 2.24) is 4.90 Å². The molecule has 2 unspecified atom stereocenters. The molecule has 2 fully saturated rings. The first kappa shape index (κ1) is 13.2.